The largest absolute Gasteiger partial charge is 0.465 e. The lowest BCUT2D eigenvalue weighted by molar-refractivity contribution is -0.122. The van der Waals surface area contributed by atoms with Crippen molar-refractivity contribution in [3.8, 4) is 0 Å². The molecule has 0 aliphatic heterocycles. The van der Waals surface area contributed by atoms with Crippen LogP contribution >= 0.6 is 15.9 Å². The highest BCUT2D eigenvalue weighted by Gasteiger charge is 2.31. The summed E-state index contributed by atoms with van der Waals surface area (Å²) < 4.78 is 0.826. The minimum absolute atomic E-state index is 0.0984. The number of hydrogen-bond donors (Lipinski definition) is 3. The van der Waals surface area contributed by atoms with Gasteiger partial charge in [-0.2, -0.15) is 0 Å². The first-order valence-electron chi connectivity index (χ1n) is 7.03. The van der Waals surface area contributed by atoms with Crippen LogP contribution in [0.3, 0.4) is 0 Å². The second-order valence-electron chi connectivity index (χ2n) is 5.29. The van der Waals surface area contributed by atoms with Gasteiger partial charge in [0.05, 0.1) is 6.61 Å². The van der Waals surface area contributed by atoms with Crippen LogP contribution < -0.4 is 10.2 Å². The molecular formula is C15H21BrN2O4. The predicted molar refractivity (Wildman–Crippen MR) is 88.0 cm³/mol. The molecule has 0 saturated carbocycles. The number of carbonyl (C=O) groups excluding carboxylic acids is 1. The van der Waals surface area contributed by atoms with Crippen molar-refractivity contribution in [2.24, 2.45) is 5.92 Å². The smallest absolute Gasteiger partial charge is 0.412 e. The lowest BCUT2D eigenvalue weighted by atomic mass is 10.0. The van der Waals surface area contributed by atoms with Crippen LogP contribution in [0, 0.1) is 5.92 Å². The molecule has 7 heteroatoms. The number of amides is 2. The third-order valence-corrected chi connectivity index (χ3v) is 3.56. The van der Waals surface area contributed by atoms with E-state index >= 15 is 0 Å². The van der Waals surface area contributed by atoms with Crippen LogP contribution in [-0.2, 0) is 4.79 Å². The van der Waals surface area contributed by atoms with Gasteiger partial charge in [0.25, 0.3) is 0 Å². The van der Waals surface area contributed by atoms with E-state index in [1.54, 1.807) is 24.3 Å². The van der Waals surface area contributed by atoms with E-state index in [0.29, 0.717) is 12.1 Å². The Kier molecular flexibility index (Phi) is 7.34. The average molecular weight is 373 g/mol. The highest BCUT2D eigenvalue weighted by atomic mass is 79.9. The maximum absolute atomic E-state index is 12.3. The highest BCUT2D eigenvalue weighted by Crippen LogP contribution is 2.23. The number of nitrogens with one attached hydrogen (secondary N) is 1. The van der Waals surface area contributed by atoms with Crippen molar-refractivity contribution in [3.05, 3.63) is 28.7 Å². The van der Waals surface area contributed by atoms with Gasteiger partial charge in [-0.25, -0.2) is 4.79 Å². The number of anilines is 1. The van der Waals surface area contributed by atoms with Gasteiger partial charge < -0.3 is 15.5 Å². The second-order valence-corrected chi connectivity index (χ2v) is 6.20. The minimum atomic E-state index is -1.19. The molecule has 0 radical (unpaired) electrons. The fourth-order valence-electron chi connectivity index (χ4n) is 2.10. The Morgan fingerprint density at radius 3 is 2.32 bits per heavy atom. The van der Waals surface area contributed by atoms with Gasteiger partial charge in [-0.1, -0.05) is 29.8 Å². The van der Waals surface area contributed by atoms with E-state index < -0.39 is 18.0 Å². The molecule has 0 saturated heterocycles. The molecule has 3 N–H and O–H groups in total. The minimum Gasteiger partial charge on any atom is -0.465 e. The molecule has 6 nitrogen and oxygen atoms in total. The molecule has 1 aromatic rings. The summed E-state index contributed by atoms with van der Waals surface area (Å²) >= 11 is 3.30. The molecule has 22 heavy (non-hydrogen) atoms. The number of carbonyl (C=O) groups is 2. The van der Waals surface area contributed by atoms with Crippen LogP contribution in [0.25, 0.3) is 0 Å². The Hall–Kier alpha value is -1.60. The monoisotopic (exact) mass is 372 g/mol. The molecule has 1 atom stereocenters. The molecule has 0 aliphatic rings. The van der Waals surface area contributed by atoms with Gasteiger partial charge in [0.2, 0.25) is 5.91 Å². The Morgan fingerprint density at radius 2 is 1.86 bits per heavy atom. The Labute approximate surface area is 138 Å². The third kappa shape index (κ3) is 5.31. The van der Waals surface area contributed by atoms with E-state index in [1.807, 2.05) is 13.8 Å². The molecule has 122 valence electrons. The first-order chi connectivity index (χ1) is 10.4. The number of benzene rings is 1. The van der Waals surface area contributed by atoms with Crippen LogP contribution in [0.5, 0.6) is 0 Å². The van der Waals surface area contributed by atoms with Gasteiger partial charge >= 0.3 is 6.09 Å². The summed E-state index contributed by atoms with van der Waals surface area (Å²) in [6, 6.07) is 5.90. The number of aliphatic hydroxyl groups excluding tert-OH is 1. The van der Waals surface area contributed by atoms with E-state index in [9.17, 15) is 14.7 Å². The van der Waals surface area contributed by atoms with Gasteiger partial charge in [0.1, 0.15) is 6.04 Å². The molecule has 0 spiro atoms. The highest BCUT2D eigenvalue weighted by molar-refractivity contribution is 9.10. The molecule has 1 rings (SSSR count). The first kappa shape index (κ1) is 18.4. The molecule has 0 fully saturated rings. The van der Waals surface area contributed by atoms with Crippen molar-refractivity contribution < 1.29 is 19.8 Å². The topological polar surface area (TPSA) is 89.9 Å². The summed E-state index contributed by atoms with van der Waals surface area (Å²) in [5, 5.41) is 20.9. The zero-order valence-corrected chi connectivity index (χ0v) is 14.2. The Morgan fingerprint density at radius 1 is 1.27 bits per heavy atom. The quantitative estimate of drug-likeness (QED) is 0.685. The van der Waals surface area contributed by atoms with Gasteiger partial charge in [-0.15, -0.1) is 0 Å². The predicted octanol–water partition coefficient (Wildman–Crippen LogP) is 2.46. The third-order valence-electron chi connectivity index (χ3n) is 3.03. The number of nitrogens with zero attached hydrogens (tertiary/aromatic N) is 1. The van der Waals surface area contributed by atoms with Gasteiger partial charge in [0.15, 0.2) is 0 Å². The van der Waals surface area contributed by atoms with Crippen LogP contribution in [0.2, 0.25) is 0 Å². The van der Waals surface area contributed by atoms with Crippen molar-refractivity contribution in [1.82, 2.24) is 5.32 Å². The van der Waals surface area contributed by atoms with E-state index in [2.05, 4.69) is 21.2 Å². The van der Waals surface area contributed by atoms with Crippen molar-refractivity contribution in [1.29, 1.82) is 0 Å². The van der Waals surface area contributed by atoms with Gasteiger partial charge in [0, 0.05) is 16.7 Å². The number of rotatable bonds is 7. The lowest BCUT2D eigenvalue weighted by Gasteiger charge is -2.29. The van der Waals surface area contributed by atoms with Crippen molar-refractivity contribution in [2.45, 2.75) is 26.3 Å². The Bertz CT molecular complexity index is 505. The molecule has 0 unspecified atom stereocenters. The second kappa shape index (κ2) is 8.75. The summed E-state index contributed by atoms with van der Waals surface area (Å²) in [7, 11) is 0. The van der Waals surface area contributed by atoms with E-state index in [1.165, 1.54) is 0 Å². The molecular weight excluding hydrogens is 352 g/mol. The molecule has 0 bridgehead atoms. The normalized spacial score (nSPS) is 12.0. The van der Waals surface area contributed by atoms with Gasteiger partial charge in [-0.05, 0) is 36.6 Å². The Balaban J connectivity index is 3.11. The summed E-state index contributed by atoms with van der Waals surface area (Å²) in [5.41, 5.74) is 0.431. The maximum Gasteiger partial charge on any atom is 0.412 e. The summed E-state index contributed by atoms with van der Waals surface area (Å²) in [4.78, 5) is 25.0. The average Bonchev–Trinajstić information content (AvgIpc) is 2.45. The SMILES string of the molecule is CC(C)C[C@@H](C(=O)NCCO)N(C(=O)O)c1ccc(Br)cc1. The lowest BCUT2D eigenvalue weighted by Crippen LogP contribution is -2.50. The fraction of sp³-hybridized carbons (Fsp3) is 0.467. The maximum atomic E-state index is 12.3. The van der Waals surface area contributed by atoms with Crippen LogP contribution in [-0.4, -0.2) is 41.4 Å². The zero-order valence-electron chi connectivity index (χ0n) is 12.6. The molecule has 2 amide bonds. The van der Waals surface area contributed by atoms with E-state index in [0.717, 1.165) is 9.37 Å². The molecule has 0 heterocycles. The van der Waals surface area contributed by atoms with Crippen LogP contribution in [0.4, 0.5) is 10.5 Å². The summed E-state index contributed by atoms with van der Waals surface area (Å²) in [6.45, 7) is 3.76. The van der Waals surface area contributed by atoms with Crippen LogP contribution in [0.1, 0.15) is 20.3 Å². The number of carboxylic acid groups (broad SMARTS) is 1. The molecule has 1 aromatic carbocycles. The first-order valence-corrected chi connectivity index (χ1v) is 7.82. The van der Waals surface area contributed by atoms with Crippen LogP contribution in [0.15, 0.2) is 28.7 Å². The zero-order chi connectivity index (χ0) is 16.7. The van der Waals surface area contributed by atoms with E-state index in [4.69, 9.17) is 5.11 Å². The summed E-state index contributed by atoms with van der Waals surface area (Å²) in [5.74, 6) is -0.268. The van der Waals surface area contributed by atoms with E-state index in [-0.39, 0.29) is 19.1 Å². The van der Waals surface area contributed by atoms with Crippen molar-refractivity contribution in [3.63, 3.8) is 0 Å². The molecule has 0 aliphatic carbocycles. The number of aliphatic hydroxyl groups is 1. The number of halogens is 1. The summed E-state index contributed by atoms with van der Waals surface area (Å²) in [6.07, 6.45) is -0.799. The van der Waals surface area contributed by atoms with Crippen molar-refractivity contribution in [2.75, 3.05) is 18.1 Å². The standard InChI is InChI=1S/C15H21BrN2O4/c1-10(2)9-13(14(20)17-7-8-19)18(15(21)22)12-5-3-11(16)4-6-12/h3-6,10,13,19H,7-9H2,1-2H3,(H,17,20)(H,21,22)/t13-/m0/s1. The number of hydrogen-bond acceptors (Lipinski definition) is 3. The van der Waals surface area contributed by atoms with Gasteiger partial charge in [-0.3, -0.25) is 9.69 Å². The molecule has 0 aromatic heterocycles. The fourth-order valence-corrected chi connectivity index (χ4v) is 2.36. The van der Waals surface area contributed by atoms with Crippen molar-refractivity contribution >= 4 is 33.6 Å².